The van der Waals surface area contributed by atoms with Gasteiger partial charge in [0.05, 0.1) is 16.1 Å². The lowest BCUT2D eigenvalue weighted by atomic mass is 9.98. The van der Waals surface area contributed by atoms with Crippen LogP contribution >= 0.6 is 28.1 Å². The SMILES string of the molecule is CCC(C)(NC(=O)c1cc(F)ccc1Br)C(N)=S. The highest BCUT2D eigenvalue weighted by molar-refractivity contribution is 9.10. The standard InChI is InChI=1S/C12H14BrFN2OS/c1-3-12(2,11(15)18)16-10(17)8-6-7(14)4-5-9(8)13/h4-6H,3H2,1-2H3,(H2,15,18)(H,16,17). The topological polar surface area (TPSA) is 55.1 Å². The van der Waals surface area contributed by atoms with Gasteiger partial charge in [0.1, 0.15) is 5.82 Å². The molecule has 0 aliphatic heterocycles. The zero-order chi connectivity index (χ0) is 13.9. The maximum absolute atomic E-state index is 13.1. The molecule has 98 valence electrons. The van der Waals surface area contributed by atoms with E-state index in [0.717, 1.165) is 6.07 Å². The Morgan fingerprint density at radius 1 is 1.61 bits per heavy atom. The van der Waals surface area contributed by atoms with Gasteiger partial charge in [-0.15, -0.1) is 0 Å². The summed E-state index contributed by atoms with van der Waals surface area (Å²) < 4.78 is 13.6. The van der Waals surface area contributed by atoms with Gasteiger partial charge in [-0.1, -0.05) is 19.1 Å². The Bertz CT molecular complexity index is 495. The van der Waals surface area contributed by atoms with Gasteiger partial charge in [0, 0.05) is 4.47 Å². The number of carbonyl (C=O) groups excluding carboxylic acids is 1. The Morgan fingerprint density at radius 2 is 2.22 bits per heavy atom. The second-order valence-corrected chi connectivity index (χ2v) is 5.42. The van der Waals surface area contributed by atoms with Crippen molar-refractivity contribution in [2.75, 3.05) is 0 Å². The summed E-state index contributed by atoms with van der Waals surface area (Å²) >= 11 is 8.14. The summed E-state index contributed by atoms with van der Waals surface area (Å²) in [6, 6.07) is 3.91. The number of halogens is 2. The number of benzene rings is 1. The highest BCUT2D eigenvalue weighted by Crippen LogP contribution is 2.19. The van der Waals surface area contributed by atoms with Crippen molar-refractivity contribution in [2.24, 2.45) is 5.73 Å². The van der Waals surface area contributed by atoms with Gasteiger partial charge in [-0.3, -0.25) is 4.79 Å². The van der Waals surface area contributed by atoms with Crippen molar-refractivity contribution >= 4 is 39.0 Å². The Kier molecular flexibility index (Phi) is 4.81. The molecule has 18 heavy (non-hydrogen) atoms. The molecule has 6 heteroatoms. The molecule has 1 aromatic rings. The molecule has 0 fully saturated rings. The maximum Gasteiger partial charge on any atom is 0.253 e. The third-order valence-corrected chi connectivity index (χ3v) is 3.96. The van der Waals surface area contributed by atoms with Crippen LogP contribution in [0, 0.1) is 5.82 Å². The van der Waals surface area contributed by atoms with Crippen molar-refractivity contribution in [1.29, 1.82) is 0 Å². The summed E-state index contributed by atoms with van der Waals surface area (Å²) in [4.78, 5) is 12.3. The van der Waals surface area contributed by atoms with Crippen LogP contribution in [0.5, 0.6) is 0 Å². The third kappa shape index (κ3) is 3.26. The molecule has 0 spiro atoms. The van der Waals surface area contributed by atoms with E-state index < -0.39 is 17.3 Å². The number of nitrogens with two attached hydrogens (primary N) is 1. The highest BCUT2D eigenvalue weighted by atomic mass is 79.9. The molecule has 0 bridgehead atoms. The molecule has 0 aliphatic rings. The van der Waals surface area contributed by atoms with E-state index in [1.807, 2.05) is 6.92 Å². The van der Waals surface area contributed by atoms with Crippen molar-refractivity contribution in [3.05, 3.63) is 34.1 Å². The molecule has 0 radical (unpaired) electrons. The third-order valence-electron chi connectivity index (χ3n) is 2.81. The Hall–Kier alpha value is -1.01. The van der Waals surface area contributed by atoms with Gasteiger partial charge in [-0.25, -0.2) is 4.39 Å². The lowest BCUT2D eigenvalue weighted by Crippen LogP contribution is -2.54. The fraction of sp³-hybridized carbons (Fsp3) is 0.333. The van der Waals surface area contributed by atoms with Crippen molar-refractivity contribution < 1.29 is 9.18 Å². The minimum atomic E-state index is -0.780. The molecule has 0 aliphatic carbocycles. The van der Waals surface area contributed by atoms with Crippen LogP contribution in [-0.4, -0.2) is 16.4 Å². The molecule has 0 aromatic heterocycles. The molecular weight excluding hydrogens is 319 g/mol. The molecule has 1 rings (SSSR count). The average molecular weight is 333 g/mol. The summed E-state index contributed by atoms with van der Waals surface area (Å²) in [5.74, 6) is -0.893. The van der Waals surface area contributed by atoms with Crippen LogP contribution in [0.25, 0.3) is 0 Å². The second-order valence-electron chi connectivity index (χ2n) is 4.13. The van der Waals surface area contributed by atoms with Crippen LogP contribution in [0.15, 0.2) is 22.7 Å². The van der Waals surface area contributed by atoms with Crippen LogP contribution in [0.3, 0.4) is 0 Å². The largest absolute Gasteiger partial charge is 0.391 e. The van der Waals surface area contributed by atoms with Crippen LogP contribution in [0.1, 0.15) is 30.6 Å². The van der Waals surface area contributed by atoms with Crippen molar-refractivity contribution in [3.8, 4) is 0 Å². The lowest BCUT2D eigenvalue weighted by Gasteiger charge is -2.28. The molecule has 1 aromatic carbocycles. The van der Waals surface area contributed by atoms with Crippen LogP contribution < -0.4 is 11.1 Å². The van der Waals surface area contributed by atoms with Crippen LogP contribution in [0.4, 0.5) is 4.39 Å². The molecule has 1 unspecified atom stereocenters. The number of thiocarbonyl (C=S) groups is 1. The van der Waals surface area contributed by atoms with Gasteiger partial charge in [-0.2, -0.15) is 0 Å². The first-order valence-electron chi connectivity index (χ1n) is 5.37. The highest BCUT2D eigenvalue weighted by Gasteiger charge is 2.28. The Morgan fingerprint density at radius 3 is 2.72 bits per heavy atom. The van der Waals surface area contributed by atoms with Gasteiger partial charge < -0.3 is 11.1 Å². The van der Waals surface area contributed by atoms with Gasteiger partial charge >= 0.3 is 0 Å². The van der Waals surface area contributed by atoms with Crippen molar-refractivity contribution in [1.82, 2.24) is 5.32 Å². The van der Waals surface area contributed by atoms with E-state index in [1.54, 1.807) is 6.92 Å². The van der Waals surface area contributed by atoms with E-state index in [-0.39, 0.29) is 10.6 Å². The fourth-order valence-corrected chi connectivity index (χ4v) is 1.94. The summed E-state index contributed by atoms with van der Waals surface area (Å²) in [7, 11) is 0. The fourth-order valence-electron chi connectivity index (χ4n) is 1.31. The number of carbonyl (C=O) groups is 1. The molecular formula is C12H14BrFN2OS. The minimum Gasteiger partial charge on any atom is -0.391 e. The number of hydrogen-bond acceptors (Lipinski definition) is 2. The normalized spacial score (nSPS) is 13.8. The molecule has 0 saturated carbocycles. The summed E-state index contributed by atoms with van der Waals surface area (Å²) in [6.45, 7) is 3.60. The Labute approximate surface area is 119 Å². The Balaban J connectivity index is 3.02. The van der Waals surface area contributed by atoms with Gasteiger partial charge in [0.15, 0.2) is 0 Å². The van der Waals surface area contributed by atoms with Crippen LogP contribution in [0.2, 0.25) is 0 Å². The van der Waals surface area contributed by atoms with E-state index in [9.17, 15) is 9.18 Å². The van der Waals surface area contributed by atoms with Gasteiger partial charge in [0.25, 0.3) is 5.91 Å². The molecule has 3 N–H and O–H groups in total. The van der Waals surface area contributed by atoms with E-state index in [0.29, 0.717) is 10.9 Å². The quantitative estimate of drug-likeness (QED) is 0.833. The molecule has 3 nitrogen and oxygen atoms in total. The van der Waals surface area contributed by atoms with Gasteiger partial charge in [0.2, 0.25) is 0 Å². The average Bonchev–Trinajstić information content (AvgIpc) is 2.31. The summed E-state index contributed by atoms with van der Waals surface area (Å²) in [6.07, 6.45) is 0.557. The first-order chi connectivity index (χ1) is 8.30. The maximum atomic E-state index is 13.1. The van der Waals surface area contributed by atoms with Crippen molar-refractivity contribution in [2.45, 2.75) is 25.8 Å². The first kappa shape index (κ1) is 15.0. The van der Waals surface area contributed by atoms with Crippen LogP contribution in [-0.2, 0) is 0 Å². The van der Waals surface area contributed by atoms with E-state index in [2.05, 4.69) is 21.2 Å². The second kappa shape index (κ2) is 5.75. The molecule has 0 heterocycles. The molecule has 1 atom stereocenters. The molecule has 0 saturated heterocycles. The molecule has 1 amide bonds. The van der Waals surface area contributed by atoms with Gasteiger partial charge in [-0.05, 0) is 47.5 Å². The summed E-state index contributed by atoms with van der Waals surface area (Å²) in [5, 5.41) is 2.73. The minimum absolute atomic E-state index is 0.200. The lowest BCUT2D eigenvalue weighted by molar-refractivity contribution is 0.0925. The van der Waals surface area contributed by atoms with E-state index >= 15 is 0 Å². The van der Waals surface area contributed by atoms with Crippen molar-refractivity contribution in [3.63, 3.8) is 0 Å². The summed E-state index contributed by atoms with van der Waals surface area (Å²) in [5.41, 5.74) is 5.04. The zero-order valence-corrected chi connectivity index (χ0v) is 12.5. The number of amides is 1. The predicted octanol–water partition coefficient (Wildman–Crippen LogP) is 2.77. The number of rotatable bonds is 4. The smallest absolute Gasteiger partial charge is 0.253 e. The predicted molar refractivity (Wildman–Crippen MR) is 77.0 cm³/mol. The van der Waals surface area contributed by atoms with E-state index in [1.165, 1.54) is 12.1 Å². The number of hydrogen-bond donors (Lipinski definition) is 2. The monoisotopic (exact) mass is 332 g/mol. The number of nitrogens with one attached hydrogen (secondary N) is 1. The zero-order valence-electron chi connectivity index (χ0n) is 10.1. The van der Waals surface area contributed by atoms with E-state index in [4.69, 9.17) is 18.0 Å². The first-order valence-corrected chi connectivity index (χ1v) is 6.57.